The number of thiophene rings is 1. The first-order valence-electron chi connectivity index (χ1n) is 9.41. The van der Waals surface area contributed by atoms with Gasteiger partial charge in [0.1, 0.15) is 9.71 Å². The Morgan fingerprint density at radius 1 is 0.964 bits per heavy atom. The number of nitrogens with zero attached hydrogens (tertiary/aromatic N) is 1. The summed E-state index contributed by atoms with van der Waals surface area (Å²) in [7, 11) is 0. The quantitative estimate of drug-likeness (QED) is 0.430. The van der Waals surface area contributed by atoms with Gasteiger partial charge in [-0.15, -0.1) is 11.3 Å². The Morgan fingerprint density at radius 2 is 1.64 bits per heavy atom. The van der Waals surface area contributed by atoms with Gasteiger partial charge >= 0.3 is 0 Å². The Hall–Kier alpha value is -2.98. The summed E-state index contributed by atoms with van der Waals surface area (Å²) in [5.41, 5.74) is 10.7. The smallest absolute Gasteiger partial charge is 0.205 e. The zero-order chi connectivity index (χ0) is 19.7. The second-order valence-electron chi connectivity index (χ2n) is 7.37. The molecule has 0 radical (unpaired) electrons. The number of carbonyl (C=O) groups is 1. The molecule has 0 saturated carbocycles. The van der Waals surface area contributed by atoms with E-state index in [0.717, 1.165) is 33.5 Å². The standard InChI is InChI=1S/C24H22N2OS/c1-15(2)14-19-12-13-20-21(25)23(28-24(20)26-19)22(27)18-10-8-17(9-11-18)16-6-4-3-5-7-16/h3-13,15H,14,25H2,1-2H3. The van der Waals surface area contributed by atoms with Crippen LogP contribution in [0.5, 0.6) is 0 Å². The first-order valence-corrected chi connectivity index (χ1v) is 10.2. The minimum atomic E-state index is -0.0504. The van der Waals surface area contributed by atoms with Crippen molar-refractivity contribution in [3.63, 3.8) is 0 Å². The highest BCUT2D eigenvalue weighted by Gasteiger charge is 2.19. The van der Waals surface area contributed by atoms with E-state index in [9.17, 15) is 4.79 Å². The number of anilines is 1. The third kappa shape index (κ3) is 3.56. The topological polar surface area (TPSA) is 56.0 Å². The van der Waals surface area contributed by atoms with E-state index in [2.05, 4.69) is 26.0 Å². The van der Waals surface area contributed by atoms with Gasteiger partial charge < -0.3 is 5.73 Å². The number of aromatic nitrogens is 1. The van der Waals surface area contributed by atoms with E-state index in [1.807, 2.05) is 54.6 Å². The number of ketones is 1. The van der Waals surface area contributed by atoms with Crippen molar-refractivity contribution in [2.24, 2.45) is 5.92 Å². The average Bonchev–Trinajstić information content (AvgIpc) is 3.04. The molecular weight excluding hydrogens is 364 g/mol. The van der Waals surface area contributed by atoms with Crippen LogP contribution < -0.4 is 5.73 Å². The highest BCUT2D eigenvalue weighted by Crippen LogP contribution is 2.34. The molecule has 28 heavy (non-hydrogen) atoms. The number of hydrogen-bond acceptors (Lipinski definition) is 4. The maximum absolute atomic E-state index is 13.0. The van der Waals surface area contributed by atoms with E-state index in [-0.39, 0.29) is 5.78 Å². The Morgan fingerprint density at radius 3 is 2.32 bits per heavy atom. The van der Waals surface area contributed by atoms with Gasteiger partial charge in [-0.1, -0.05) is 68.4 Å². The molecule has 2 N–H and O–H groups in total. The summed E-state index contributed by atoms with van der Waals surface area (Å²) in [6.45, 7) is 4.34. The molecule has 0 saturated heterocycles. The predicted octanol–water partition coefficient (Wildman–Crippen LogP) is 5.98. The fourth-order valence-corrected chi connectivity index (χ4v) is 4.39. The van der Waals surface area contributed by atoms with Crippen molar-refractivity contribution in [3.05, 3.63) is 82.9 Å². The molecule has 0 bridgehead atoms. The number of hydrogen-bond donors (Lipinski definition) is 1. The van der Waals surface area contributed by atoms with Crippen molar-refractivity contribution >= 4 is 33.0 Å². The summed E-state index contributed by atoms with van der Waals surface area (Å²) < 4.78 is 0. The third-order valence-electron chi connectivity index (χ3n) is 4.73. The number of pyridine rings is 1. The van der Waals surface area contributed by atoms with E-state index in [1.165, 1.54) is 11.3 Å². The molecule has 0 amide bonds. The first-order chi connectivity index (χ1) is 13.5. The maximum atomic E-state index is 13.0. The summed E-state index contributed by atoms with van der Waals surface area (Å²) >= 11 is 1.38. The maximum Gasteiger partial charge on any atom is 0.205 e. The summed E-state index contributed by atoms with van der Waals surface area (Å²) in [5.74, 6) is 0.483. The Balaban J connectivity index is 1.65. The zero-order valence-electron chi connectivity index (χ0n) is 16.0. The van der Waals surface area contributed by atoms with Crippen LogP contribution in [-0.4, -0.2) is 10.8 Å². The van der Waals surface area contributed by atoms with Gasteiger partial charge in [0.15, 0.2) is 0 Å². The molecule has 0 spiro atoms. The second kappa shape index (κ2) is 7.56. The fourth-order valence-electron chi connectivity index (χ4n) is 3.31. The lowest BCUT2D eigenvalue weighted by molar-refractivity contribution is 0.104. The van der Waals surface area contributed by atoms with Crippen LogP contribution in [0.4, 0.5) is 5.69 Å². The van der Waals surface area contributed by atoms with Gasteiger partial charge in [-0.2, -0.15) is 0 Å². The number of nitrogens with two attached hydrogens (primary N) is 1. The van der Waals surface area contributed by atoms with Crippen molar-refractivity contribution in [1.82, 2.24) is 4.98 Å². The minimum Gasteiger partial charge on any atom is -0.397 e. The van der Waals surface area contributed by atoms with Gasteiger partial charge in [-0.25, -0.2) is 4.98 Å². The molecular formula is C24H22N2OS. The van der Waals surface area contributed by atoms with E-state index in [0.29, 0.717) is 22.0 Å². The second-order valence-corrected chi connectivity index (χ2v) is 8.37. The fraction of sp³-hybridized carbons (Fsp3) is 0.167. The Labute approximate surface area is 168 Å². The molecule has 0 aliphatic rings. The lowest BCUT2D eigenvalue weighted by Gasteiger charge is -2.04. The molecule has 2 aromatic heterocycles. The molecule has 4 rings (SSSR count). The lowest BCUT2D eigenvalue weighted by Crippen LogP contribution is -2.02. The Bertz CT molecular complexity index is 1130. The lowest BCUT2D eigenvalue weighted by atomic mass is 10.0. The van der Waals surface area contributed by atoms with Gasteiger partial charge in [0.25, 0.3) is 0 Å². The SMILES string of the molecule is CC(C)Cc1ccc2c(N)c(C(=O)c3ccc(-c4ccccc4)cc3)sc2n1. The van der Waals surface area contributed by atoms with Crippen molar-refractivity contribution in [2.45, 2.75) is 20.3 Å². The number of nitrogen functional groups attached to an aromatic ring is 1. The molecule has 0 unspecified atom stereocenters. The molecule has 0 aliphatic heterocycles. The van der Waals surface area contributed by atoms with Gasteiger partial charge in [-0.05, 0) is 35.6 Å². The third-order valence-corrected chi connectivity index (χ3v) is 5.84. The van der Waals surface area contributed by atoms with Crippen molar-refractivity contribution in [3.8, 4) is 11.1 Å². The monoisotopic (exact) mass is 386 g/mol. The number of fused-ring (bicyclic) bond motifs is 1. The van der Waals surface area contributed by atoms with E-state index in [1.54, 1.807) is 0 Å². The first kappa shape index (κ1) is 18.4. The average molecular weight is 387 g/mol. The molecule has 4 heteroatoms. The summed E-state index contributed by atoms with van der Waals surface area (Å²) in [5, 5.41) is 0.863. The number of rotatable bonds is 5. The largest absolute Gasteiger partial charge is 0.397 e. The molecule has 4 aromatic rings. The van der Waals surface area contributed by atoms with Gasteiger partial charge in [0.2, 0.25) is 5.78 Å². The number of carbonyl (C=O) groups excluding carboxylic acids is 1. The van der Waals surface area contributed by atoms with Crippen LogP contribution in [0.15, 0.2) is 66.7 Å². The summed E-state index contributed by atoms with van der Waals surface area (Å²) in [6, 6.07) is 21.8. The summed E-state index contributed by atoms with van der Waals surface area (Å²) in [6.07, 6.45) is 0.915. The van der Waals surface area contributed by atoms with E-state index < -0.39 is 0 Å². The van der Waals surface area contributed by atoms with Gasteiger partial charge in [0.05, 0.1) is 5.69 Å². The van der Waals surface area contributed by atoms with Crippen LogP contribution in [0.2, 0.25) is 0 Å². The van der Waals surface area contributed by atoms with Gasteiger partial charge in [-0.3, -0.25) is 4.79 Å². The molecule has 0 aliphatic carbocycles. The van der Waals surface area contributed by atoms with Crippen molar-refractivity contribution in [2.75, 3.05) is 5.73 Å². The van der Waals surface area contributed by atoms with Crippen LogP contribution in [-0.2, 0) is 6.42 Å². The molecule has 3 nitrogen and oxygen atoms in total. The van der Waals surface area contributed by atoms with Crippen LogP contribution in [0.1, 0.15) is 34.8 Å². The van der Waals surface area contributed by atoms with Gasteiger partial charge in [0, 0.05) is 16.6 Å². The van der Waals surface area contributed by atoms with Crippen LogP contribution in [0.25, 0.3) is 21.3 Å². The normalized spacial score (nSPS) is 11.2. The van der Waals surface area contributed by atoms with Crippen LogP contribution in [0, 0.1) is 5.92 Å². The molecule has 140 valence electrons. The summed E-state index contributed by atoms with van der Waals surface area (Å²) in [4.78, 5) is 19.2. The molecule has 0 atom stereocenters. The van der Waals surface area contributed by atoms with E-state index in [4.69, 9.17) is 10.7 Å². The minimum absolute atomic E-state index is 0.0504. The highest BCUT2D eigenvalue weighted by molar-refractivity contribution is 7.21. The number of benzene rings is 2. The zero-order valence-corrected chi connectivity index (χ0v) is 16.8. The van der Waals surface area contributed by atoms with Crippen LogP contribution >= 0.6 is 11.3 Å². The molecule has 2 aromatic carbocycles. The van der Waals surface area contributed by atoms with Crippen molar-refractivity contribution in [1.29, 1.82) is 0 Å². The van der Waals surface area contributed by atoms with E-state index >= 15 is 0 Å². The predicted molar refractivity (Wildman–Crippen MR) is 118 cm³/mol. The Kier molecular flexibility index (Phi) is 4.97. The molecule has 0 fully saturated rings. The molecule has 2 heterocycles. The van der Waals surface area contributed by atoms with Crippen molar-refractivity contribution < 1.29 is 4.79 Å². The highest BCUT2D eigenvalue weighted by atomic mass is 32.1. The van der Waals surface area contributed by atoms with Crippen LogP contribution in [0.3, 0.4) is 0 Å².